The highest BCUT2D eigenvalue weighted by Gasteiger charge is 2.33. The third-order valence-corrected chi connectivity index (χ3v) is 7.37. The second kappa shape index (κ2) is 10.2. The fourth-order valence-corrected chi connectivity index (χ4v) is 5.45. The smallest absolute Gasteiger partial charge is 0.338 e. The van der Waals surface area contributed by atoms with Crippen LogP contribution in [0.5, 0.6) is 11.5 Å². The molecule has 7 nitrogen and oxygen atoms in total. The van der Waals surface area contributed by atoms with Crippen molar-refractivity contribution in [1.82, 2.24) is 4.57 Å². The SMILES string of the molecule is CCOC(=O)C1=C(C)N=c2s/c(=C\c3cc(OC)c(OC)cc3Br)c(=O)n2[C@H]1c1ccc(C)cc1. The maximum absolute atomic E-state index is 13.7. The lowest BCUT2D eigenvalue weighted by Crippen LogP contribution is -2.39. The van der Waals surface area contributed by atoms with Crippen molar-refractivity contribution in [3.8, 4) is 11.5 Å². The van der Waals surface area contributed by atoms with Gasteiger partial charge in [-0.3, -0.25) is 9.36 Å². The number of hydrogen-bond donors (Lipinski definition) is 0. The molecule has 2 heterocycles. The van der Waals surface area contributed by atoms with E-state index in [4.69, 9.17) is 14.2 Å². The molecule has 0 saturated heterocycles. The Balaban J connectivity index is 1.95. The van der Waals surface area contributed by atoms with Crippen molar-refractivity contribution in [1.29, 1.82) is 0 Å². The van der Waals surface area contributed by atoms with Crippen molar-refractivity contribution < 1.29 is 19.0 Å². The average molecular weight is 557 g/mol. The minimum Gasteiger partial charge on any atom is -0.493 e. The number of halogens is 1. The Morgan fingerprint density at radius 1 is 1.14 bits per heavy atom. The summed E-state index contributed by atoms with van der Waals surface area (Å²) in [7, 11) is 3.13. The van der Waals surface area contributed by atoms with E-state index in [0.717, 1.165) is 21.2 Å². The van der Waals surface area contributed by atoms with Gasteiger partial charge in [0, 0.05) is 4.47 Å². The van der Waals surface area contributed by atoms with Crippen LogP contribution in [0, 0.1) is 6.92 Å². The number of carbonyl (C=O) groups excluding carboxylic acids is 1. The van der Waals surface area contributed by atoms with Crippen LogP contribution >= 0.6 is 27.3 Å². The van der Waals surface area contributed by atoms with Crippen molar-refractivity contribution in [2.75, 3.05) is 20.8 Å². The number of hydrogen-bond acceptors (Lipinski definition) is 7. The van der Waals surface area contributed by atoms with Crippen LogP contribution in [0.25, 0.3) is 6.08 Å². The summed E-state index contributed by atoms with van der Waals surface area (Å²) in [6.45, 7) is 5.75. The molecule has 2 aromatic carbocycles. The Morgan fingerprint density at radius 2 is 1.80 bits per heavy atom. The summed E-state index contributed by atoms with van der Waals surface area (Å²) in [5.74, 6) is 0.649. The third kappa shape index (κ3) is 4.70. The van der Waals surface area contributed by atoms with E-state index >= 15 is 0 Å². The summed E-state index contributed by atoms with van der Waals surface area (Å²) in [4.78, 5) is 31.8. The number of esters is 1. The van der Waals surface area contributed by atoms with Gasteiger partial charge >= 0.3 is 5.97 Å². The fraction of sp³-hybridized carbons (Fsp3) is 0.269. The Kier molecular flexibility index (Phi) is 7.28. The minimum atomic E-state index is -0.637. The summed E-state index contributed by atoms with van der Waals surface area (Å²) in [5, 5.41) is 0. The minimum absolute atomic E-state index is 0.230. The van der Waals surface area contributed by atoms with E-state index in [9.17, 15) is 9.59 Å². The molecule has 0 radical (unpaired) electrons. The number of allylic oxidation sites excluding steroid dienone is 1. The van der Waals surface area contributed by atoms with E-state index in [1.54, 1.807) is 50.8 Å². The molecule has 35 heavy (non-hydrogen) atoms. The van der Waals surface area contributed by atoms with Crippen LogP contribution in [0.1, 0.15) is 36.6 Å². The quantitative estimate of drug-likeness (QED) is 0.430. The highest BCUT2D eigenvalue weighted by Crippen LogP contribution is 2.34. The number of aryl methyl sites for hydroxylation is 1. The number of carbonyl (C=O) groups is 1. The molecular weight excluding hydrogens is 532 g/mol. The first-order valence-electron chi connectivity index (χ1n) is 11.0. The maximum Gasteiger partial charge on any atom is 0.338 e. The molecule has 3 aromatic rings. The monoisotopic (exact) mass is 556 g/mol. The maximum atomic E-state index is 13.7. The molecule has 0 saturated carbocycles. The molecule has 0 spiro atoms. The van der Waals surface area contributed by atoms with Gasteiger partial charge in [0.1, 0.15) is 0 Å². The number of aromatic nitrogens is 1. The lowest BCUT2D eigenvalue weighted by Gasteiger charge is -2.24. The number of rotatable bonds is 6. The van der Waals surface area contributed by atoms with Gasteiger partial charge in [-0.2, -0.15) is 0 Å². The zero-order valence-electron chi connectivity index (χ0n) is 20.0. The predicted octanol–water partition coefficient (Wildman–Crippen LogP) is 3.89. The van der Waals surface area contributed by atoms with Crippen molar-refractivity contribution in [3.63, 3.8) is 0 Å². The first-order chi connectivity index (χ1) is 16.8. The molecule has 182 valence electrons. The third-order valence-electron chi connectivity index (χ3n) is 5.70. The van der Waals surface area contributed by atoms with E-state index in [0.29, 0.717) is 32.1 Å². The number of fused-ring (bicyclic) bond motifs is 1. The van der Waals surface area contributed by atoms with Gasteiger partial charge in [-0.25, -0.2) is 9.79 Å². The molecule has 0 fully saturated rings. The van der Waals surface area contributed by atoms with Gasteiger partial charge in [-0.15, -0.1) is 0 Å². The normalized spacial score (nSPS) is 15.5. The number of thiazole rings is 1. The van der Waals surface area contributed by atoms with Gasteiger partial charge in [0.25, 0.3) is 5.56 Å². The summed E-state index contributed by atoms with van der Waals surface area (Å²) in [6.07, 6.45) is 1.78. The van der Waals surface area contributed by atoms with Crippen LogP contribution in [0.3, 0.4) is 0 Å². The molecule has 1 aliphatic rings. The Labute approximate surface area is 215 Å². The lowest BCUT2D eigenvalue weighted by molar-refractivity contribution is -0.139. The van der Waals surface area contributed by atoms with Gasteiger partial charge in [0.05, 0.1) is 42.7 Å². The highest BCUT2D eigenvalue weighted by atomic mass is 79.9. The van der Waals surface area contributed by atoms with Crippen LogP contribution in [-0.4, -0.2) is 31.4 Å². The first kappa shape index (κ1) is 24.9. The van der Waals surface area contributed by atoms with Gasteiger partial charge in [-0.05, 0) is 50.1 Å². The van der Waals surface area contributed by atoms with Gasteiger partial charge in [-0.1, -0.05) is 57.1 Å². The Bertz CT molecular complexity index is 1500. The second-order valence-electron chi connectivity index (χ2n) is 7.94. The Morgan fingerprint density at radius 3 is 2.43 bits per heavy atom. The molecule has 0 unspecified atom stereocenters. The first-order valence-corrected chi connectivity index (χ1v) is 12.6. The lowest BCUT2D eigenvalue weighted by atomic mass is 9.95. The van der Waals surface area contributed by atoms with E-state index in [-0.39, 0.29) is 12.2 Å². The number of ether oxygens (including phenoxy) is 3. The topological polar surface area (TPSA) is 79.1 Å². The largest absolute Gasteiger partial charge is 0.493 e. The molecule has 0 bridgehead atoms. The summed E-state index contributed by atoms with van der Waals surface area (Å²) >= 11 is 4.82. The van der Waals surface area contributed by atoms with Crippen LogP contribution in [-0.2, 0) is 9.53 Å². The average Bonchev–Trinajstić information content (AvgIpc) is 3.14. The number of methoxy groups -OCH3 is 2. The molecule has 1 aromatic heterocycles. The molecule has 9 heteroatoms. The Hall–Kier alpha value is -3.17. The van der Waals surface area contributed by atoms with Gasteiger partial charge < -0.3 is 14.2 Å². The number of benzene rings is 2. The van der Waals surface area contributed by atoms with Crippen molar-refractivity contribution in [3.05, 3.63) is 88.5 Å². The zero-order chi connectivity index (χ0) is 25.3. The summed E-state index contributed by atoms with van der Waals surface area (Å²) < 4.78 is 18.9. The summed E-state index contributed by atoms with van der Waals surface area (Å²) in [6, 6.07) is 10.7. The van der Waals surface area contributed by atoms with Crippen LogP contribution in [0.15, 0.2) is 61.9 Å². The van der Waals surface area contributed by atoms with Crippen molar-refractivity contribution in [2.45, 2.75) is 26.8 Å². The summed E-state index contributed by atoms with van der Waals surface area (Å²) in [5.41, 5.74) is 3.30. The fourth-order valence-electron chi connectivity index (χ4n) is 3.98. The predicted molar refractivity (Wildman–Crippen MR) is 139 cm³/mol. The van der Waals surface area contributed by atoms with Crippen LogP contribution in [0.2, 0.25) is 0 Å². The van der Waals surface area contributed by atoms with Crippen molar-refractivity contribution in [2.24, 2.45) is 4.99 Å². The molecule has 0 amide bonds. The zero-order valence-corrected chi connectivity index (χ0v) is 22.5. The standard InChI is InChI=1S/C26H25BrN2O5S/c1-6-34-25(31)22-15(3)28-26-29(23(22)16-9-7-14(2)8-10-16)24(30)21(35-26)12-17-11-19(32-4)20(33-5)13-18(17)27/h7-13,23H,6H2,1-5H3/b21-12-/t23-/m0/s1. The van der Waals surface area contributed by atoms with E-state index < -0.39 is 12.0 Å². The van der Waals surface area contributed by atoms with E-state index in [1.165, 1.54) is 11.3 Å². The number of nitrogens with zero attached hydrogens (tertiary/aromatic N) is 2. The van der Waals surface area contributed by atoms with Crippen LogP contribution in [0.4, 0.5) is 0 Å². The van der Waals surface area contributed by atoms with Crippen LogP contribution < -0.4 is 24.4 Å². The molecule has 0 aliphatic carbocycles. The molecule has 0 N–H and O–H groups in total. The van der Waals surface area contributed by atoms with Gasteiger partial charge in [0.15, 0.2) is 16.3 Å². The molecule has 4 rings (SSSR count). The molecule has 1 aliphatic heterocycles. The van der Waals surface area contributed by atoms with Crippen molar-refractivity contribution >= 4 is 39.3 Å². The highest BCUT2D eigenvalue weighted by molar-refractivity contribution is 9.10. The van der Waals surface area contributed by atoms with E-state index in [1.807, 2.05) is 31.2 Å². The van der Waals surface area contributed by atoms with Gasteiger partial charge in [0.2, 0.25) is 0 Å². The molecule has 1 atom stereocenters. The van der Waals surface area contributed by atoms with E-state index in [2.05, 4.69) is 20.9 Å². The second-order valence-corrected chi connectivity index (χ2v) is 9.81. The molecular formula is C26H25BrN2O5S.